The molecule has 0 radical (unpaired) electrons. The van der Waals surface area contributed by atoms with Crippen molar-refractivity contribution in [2.24, 2.45) is 10.2 Å². The fourth-order valence-electron chi connectivity index (χ4n) is 1.95. The molecule has 0 atom stereocenters. The molecular weight excluding hydrogens is 324 g/mol. The number of hydrogen-bond acceptors (Lipinski definition) is 9. The van der Waals surface area contributed by atoms with E-state index in [0.717, 1.165) is 0 Å². The first-order valence-electron chi connectivity index (χ1n) is 7.05. The summed E-state index contributed by atoms with van der Waals surface area (Å²) >= 11 is 0. The fourth-order valence-corrected chi connectivity index (χ4v) is 1.95. The molecule has 0 saturated carbocycles. The number of nitrogens with two attached hydrogens (primary N) is 2. The number of nitro groups is 1. The van der Waals surface area contributed by atoms with E-state index in [2.05, 4.69) is 25.2 Å². The highest BCUT2D eigenvalue weighted by atomic mass is 16.6. The molecule has 2 aromatic heterocycles. The lowest BCUT2D eigenvalue weighted by atomic mass is 10.3. The van der Waals surface area contributed by atoms with Crippen molar-refractivity contribution in [2.75, 3.05) is 11.5 Å². The number of nitrogens with zero attached hydrogens (tertiary/aromatic N) is 6. The van der Waals surface area contributed by atoms with Gasteiger partial charge in [0.05, 0.1) is 10.6 Å². The minimum absolute atomic E-state index is 0.0407. The molecule has 0 spiro atoms. The average Bonchev–Trinajstić information content (AvgIpc) is 2.62. The predicted molar refractivity (Wildman–Crippen MR) is 91.4 cm³/mol. The van der Waals surface area contributed by atoms with E-state index in [4.69, 9.17) is 11.5 Å². The number of benzene rings is 1. The number of hydrogen-bond donors (Lipinski definition) is 2. The molecule has 25 heavy (non-hydrogen) atoms. The molecule has 10 heteroatoms. The van der Waals surface area contributed by atoms with E-state index in [-0.39, 0.29) is 28.8 Å². The molecule has 0 aliphatic heterocycles. The van der Waals surface area contributed by atoms with Gasteiger partial charge >= 0.3 is 0 Å². The number of nitro benzene ring substituents is 1. The molecule has 124 valence electrons. The number of azo groups is 1. The largest absolute Gasteiger partial charge is 0.382 e. The summed E-state index contributed by atoms with van der Waals surface area (Å²) in [6, 6.07) is 10.8. The lowest BCUT2D eigenvalue weighted by Crippen LogP contribution is -2.02. The van der Waals surface area contributed by atoms with Crippen LogP contribution in [0.15, 0.2) is 58.9 Å². The van der Waals surface area contributed by atoms with E-state index in [1.807, 2.05) is 0 Å². The lowest BCUT2D eigenvalue weighted by Gasteiger charge is -2.05. The molecule has 0 amide bonds. The first-order valence-corrected chi connectivity index (χ1v) is 7.05. The summed E-state index contributed by atoms with van der Waals surface area (Å²) < 4.78 is 0. The second kappa shape index (κ2) is 6.66. The minimum Gasteiger partial charge on any atom is -0.382 e. The molecule has 2 heterocycles. The van der Waals surface area contributed by atoms with Crippen LogP contribution >= 0.6 is 0 Å². The Labute approximate surface area is 141 Å². The van der Waals surface area contributed by atoms with Crippen molar-refractivity contribution in [3.8, 4) is 11.5 Å². The van der Waals surface area contributed by atoms with E-state index in [1.54, 1.807) is 24.4 Å². The maximum absolute atomic E-state index is 10.6. The summed E-state index contributed by atoms with van der Waals surface area (Å²) in [7, 11) is 0. The van der Waals surface area contributed by atoms with Crippen LogP contribution < -0.4 is 11.5 Å². The zero-order valence-electron chi connectivity index (χ0n) is 12.8. The zero-order chi connectivity index (χ0) is 17.8. The van der Waals surface area contributed by atoms with Gasteiger partial charge in [0, 0.05) is 18.3 Å². The van der Waals surface area contributed by atoms with Crippen LogP contribution in [0.3, 0.4) is 0 Å². The van der Waals surface area contributed by atoms with E-state index in [1.165, 1.54) is 24.3 Å². The molecule has 3 rings (SSSR count). The van der Waals surface area contributed by atoms with Gasteiger partial charge in [-0.2, -0.15) is 5.11 Å². The second-order valence-electron chi connectivity index (χ2n) is 4.85. The molecule has 0 aliphatic rings. The van der Waals surface area contributed by atoms with Gasteiger partial charge in [0.2, 0.25) is 0 Å². The summed E-state index contributed by atoms with van der Waals surface area (Å²) in [6.45, 7) is 0. The quantitative estimate of drug-likeness (QED) is 0.420. The summed E-state index contributed by atoms with van der Waals surface area (Å²) in [5.41, 5.74) is 12.8. The lowest BCUT2D eigenvalue weighted by molar-refractivity contribution is -0.384. The fraction of sp³-hybridized carbons (Fsp3) is 0. The van der Waals surface area contributed by atoms with Gasteiger partial charge in [-0.3, -0.25) is 15.1 Å². The van der Waals surface area contributed by atoms with E-state index in [0.29, 0.717) is 11.4 Å². The Morgan fingerprint density at radius 3 is 2.20 bits per heavy atom. The standard InChI is InChI=1S/C15H12N8O2/c16-13-12(22-21-9-4-6-10(7-5-9)23(24)25)14(17)20-15(19-13)11-3-1-2-8-18-11/h1-8H,(H4,16,17,19,20). The van der Waals surface area contributed by atoms with Crippen molar-refractivity contribution in [3.63, 3.8) is 0 Å². The predicted octanol–water partition coefficient (Wildman–Crippen LogP) is 3.03. The van der Waals surface area contributed by atoms with Crippen LogP contribution in [-0.2, 0) is 0 Å². The van der Waals surface area contributed by atoms with Crippen LogP contribution in [0.25, 0.3) is 11.5 Å². The van der Waals surface area contributed by atoms with Crippen LogP contribution in [0.4, 0.5) is 28.7 Å². The van der Waals surface area contributed by atoms with Crippen LogP contribution in [0.5, 0.6) is 0 Å². The third-order valence-corrected chi connectivity index (χ3v) is 3.16. The Morgan fingerprint density at radius 1 is 0.960 bits per heavy atom. The number of nitrogen functional groups attached to an aromatic ring is 2. The summed E-state index contributed by atoms with van der Waals surface area (Å²) in [5, 5.41) is 18.5. The molecule has 10 nitrogen and oxygen atoms in total. The van der Waals surface area contributed by atoms with Crippen LogP contribution in [0.2, 0.25) is 0 Å². The Balaban J connectivity index is 1.89. The zero-order valence-corrected chi connectivity index (χ0v) is 12.8. The number of non-ortho nitro benzene ring substituents is 1. The molecule has 0 unspecified atom stereocenters. The Hall–Kier alpha value is -3.95. The number of aromatic nitrogens is 3. The molecule has 1 aromatic carbocycles. The number of rotatable bonds is 4. The van der Waals surface area contributed by atoms with Gasteiger partial charge in [0.1, 0.15) is 5.69 Å². The van der Waals surface area contributed by atoms with Crippen LogP contribution in [-0.4, -0.2) is 19.9 Å². The molecule has 0 bridgehead atoms. The molecule has 0 fully saturated rings. The van der Waals surface area contributed by atoms with Gasteiger partial charge in [0.15, 0.2) is 23.1 Å². The molecule has 4 N–H and O–H groups in total. The van der Waals surface area contributed by atoms with Gasteiger partial charge in [-0.1, -0.05) is 6.07 Å². The maximum atomic E-state index is 10.6. The van der Waals surface area contributed by atoms with E-state index >= 15 is 0 Å². The highest BCUT2D eigenvalue weighted by Gasteiger charge is 2.12. The van der Waals surface area contributed by atoms with Crippen molar-refractivity contribution >= 4 is 28.7 Å². The normalized spacial score (nSPS) is 10.9. The Bertz CT molecular complexity index is 919. The smallest absolute Gasteiger partial charge is 0.269 e. The highest BCUT2D eigenvalue weighted by molar-refractivity contribution is 5.73. The number of pyridine rings is 1. The Kier molecular flexibility index (Phi) is 4.24. The third-order valence-electron chi connectivity index (χ3n) is 3.16. The monoisotopic (exact) mass is 336 g/mol. The van der Waals surface area contributed by atoms with Gasteiger partial charge in [-0.05, 0) is 24.3 Å². The van der Waals surface area contributed by atoms with Gasteiger partial charge in [-0.25, -0.2) is 9.97 Å². The SMILES string of the molecule is Nc1nc(-c2ccccn2)nc(N)c1N=Nc1ccc([N+](=O)[O-])cc1. The van der Waals surface area contributed by atoms with Crippen LogP contribution in [0.1, 0.15) is 0 Å². The first kappa shape index (κ1) is 15.9. The second-order valence-corrected chi connectivity index (χ2v) is 4.85. The van der Waals surface area contributed by atoms with Crippen LogP contribution in [0, 0.1) is 10.1 Å². The van der Waals surface area contributed by atoms with Crippen molar-refractivity contribution < 1.29 is 4.92 Å². The summed E-state index contributed by atoms with van der Waals surface area (Å²) in [6.07, 6.45) is 1.60. The summed E-state index contributed by atoms with van der Waals surface area (Å²) in [5.74, 6) is 0.391. The maximum Gasteiger partial charge on any atom is 0.269 e. The van der Waals surface area contributed by atoms with Gasteiger partial charge in [0.25, 0.3) is 5.69 Å². The minimum atomic E-state index is -0.499. The van der Waals surface area contributed by atoms with Crippen molar-refractivity contribution in [2.45, 2.75) is 0 Å². The third kappa shape index (κ3) is 3.52. The molecule has 0 saturated heterocycles. The van der Waals surface area contributed by atoms with Crippen molar-refractivity contribution in [1.82, 2.24) is 15.0 Å². The van der Waals surface area contributed by atoms with Gasteiger partial charge in [-0.15, -0.1) is 5.11 Å². The van der Waals surface area contributed by atoms with Crippen molar-refractivity contribution in [1.29, 1.82) is 0 Å². The van der Waals surface area contributed by atoms with Gasteiger partial charge < -0.3 is 11.5 Å². The van der Waals surface area contributed by atoms with E-state index < -0.39 is 4.92 Å². The molecule has 3 aromatic rings. The molecule has 0 aliphatic carbocycles. The molecular formula is C15H12N8O2. The number of anilines is 2. The van der Waals surface area contributed by atoms with Crippen molar-refractivity contribution in [3.05, 3.63) is 58.8 Å². The first-order chi connectivity index (χ1) is 12.0. The summed E-state index contributed by atoms with van der Waals surface area (Å²) in [4.78, 5) is 22.5. The average molecular weight is 336 g/mol. The Morgan fingerprint density at radius 2 is 1.64 bits per heavy atom. The topological polar surface area (TPSA) is 159 Å². The highest BCUT2D eigenvalue weighted by Crippen LogP contribution is 2.30. The van der Waals surface area contributed by atoms with E-state index in [9.17, 15) is 10.1 Å².